The minimum Gasteiger partial charge on any atom is -0.316 e. The molecule has 2 fully saturated rings. The maximum Gasteiger partial charge on any atom is 0.0331 e. The van der Waals surface area contributed by atoms with Crippen molar-refractivity contribution in [2.24, 2.45) is 11.8 Å². The molecule has 0 aromatic carbocycles. The van der Waals surface area contributed by atoms with Crippen LogP contribution < -0.4 is 5.32 Å². The second-order valence-corrected chi connectivity index (χ2v) is 6.96. The van der Waals surface area contributed by atoms with E-state index in [1.165, 1.54) is 43.9 Å². The van der Waals surface area contributed by atoms with Gasteiger partial charge >= 0.3 is 0 Å². The summed E-state index contributed by atoms with van der Waals surface area (Å²) < 4.78 is 0. The molecule has 3 heteroatoms. The molecule has 2 nitrogen and oxygen atoms in total. The van der Waals surface area contributed by atoms with Gasteiger partial charge in [0.25, 0.3) is 0 Å². The van der Waals surface area contributed by atoms with E-state index in [4.69, 9.17) is 0 Å². The van der Waals surface area contributed by atoms with E-state index < -0.39 is 0 Å². The van der Waals surface area contributed by atoms with Crippen molar-refractivity contribution in [2.45, 2.75) is 39.3 Å². The fourth-order valence-electron chi connectivity index (χ4n) is 3.75. The van der Waals surface area contributed by atoms with E-state index in [1.54, 1.807) is 4.88 Å². The number of nitrogens with zero attached hydrogens (tertiary/aromatic N) is 1. The van der Waals surface area contributed by atoms with Gasteiger partial charge in [0.2, 0.25) is 0 Å². The lowest BCUT2D eigenvalue weighted by molar-refractivity contribution is 0.212. The highest BCUT2D eigenvalue weighted by atomic mass is 32.1. The average Bonchev–Trinajstić information content (AvgIpc) is 3.04. The molecule has 0 spiro atoms. The molecule has 0 saturated carbocycles. The predicted molar refractivity (Wildman–Crippen MR) is 78.0 cm³/mol. The molecule has 3 unspecified atom stereocenters. The first-order valence-corrected chi connectivity index (χ1v) is 8.15. The quantitative estimate of drug-likeness (QED) is 0.899. The molecular weight excluding hydrogens is 240 g/mol. The Balaban J connectivity index is 1.68. The number of hydrogen-bond donors (Lipinski definition) is 1. The lowest BCUT2D eigenvalue weighted by Gasteiger charge is -2.26. The van der Waals surface area contributed by atoms with E-state index in [1.807, 2.05) is 11.3 Å². The Kier molecular flexibility index (Phi) is 3.73. The summed E-state index contributed by atoms with van der Waals surface area (Å²) in [5, 5.41) is 3.56. The summed E-state index contributed by atoms with van der Waals surface area (Å²) in [5.74, 6) is 1.81. The van der Waals surface area contributed by atoms with Gasteiger partial charge in [-0.25, -0.2) is 0 Å². The van der Waals surface area contributed by atoms with Crippen molar-refractivity contribution in [3.8, 4) is 0 Å². The Labute approximate surface area is 114 Å². The summed E-state index contributed by atoms with van der Waals surface area (Å²) in [6.07, 6.45) is 2.48. The molecule has 3 rings (SSSR count). The maximum absolute atomic E-state index is 3.56. The molecule has 2 aliphatic heterocycles. The minimum atomic E-state index is 0.803. The number of fused-ring (bicyclic) bond motifs is 1. The zero-order valence-corrected chi connectivity index (χ0v) is 12.3. The van der Waals surface area contributed by atoms with E-state index in [0.29, 0.717) is 0 Å². The summed E-state index contributed by atoms with van der Waals surface area (Å²) in [4.78, 5) is 5.82. The first-order chi connectivity index (χ1) is 8.81. The second kappa shape index (κ2) is 5.32. The smallest absolute Gasteiger partial charge is 0.0331 e. The number of rotatable bonds is 4. The summed E-state index contributed by atoms with van der Waals surface area (Å²) in [6, 6.07) is 5.44. The van der Waals surface area contributed by atoms with Gasteiger partial charge in [0.15, 0.2) is 0 Å². The van der Waals surface area contributed by atoms with Crippen molar-refractivity contribution in [3.05, 3.63) is 21.9 Å². The third-order valence-electron chi connectivity index (χ3n) is 4.67. The van der Waals surface area contributed by atoms with Gasteiger partial charge in [0.05, 0.1) is 0 Å². The van der Waals surface area contributed by atoms with Gasteiger partial charge in [-0.1, -0.05) is 13.8 Å². The highest BCUT2D eigenvalue weighted by Gasteiger charge is 2.42. The summed E-state index contributed by atoms with van der Waals surface area (Å²) in [6.45, 7) is 9.55. The Morgan fingerprint density at radius 3 is 2.83 bits per heavy atom. The third-order valence-corrected chi connectivity index (χ3v) is 5.88. The first-order valence-electron chi connectivity index (χ1n) is 7.34. The lowest BCUT2D eigenvalue weighted by Crippen LogP contribution is -2.34. The molecular formula is C15H24N2S. The second-order valence-electron chi connectivity index (χ2n) is 5.71. The van der Waals surface area contributed by atoms with Crippen molar-refractivity contribution in [2.75, 3.05) is 19.6 Å². The number of nitrogens with one attached hydrogen (secondary N) is 1. The van der Waals surface area contributed by atoms with E-state index in [9.17, 15) is 0 Å². The Hall–Kier alpha value is -0.380. The normalized spacial score (nSPS) is 32.0. The predicted octanol–water partition coefficient (Wildman–Crippen LogP) is 2.74. The van der Waals surface area contributed by atoms with Crippen LogP contribution in [0.3, 0.4) is 0 Å². The van der Waals surface area contributed by atoms with Crippen molar-refractivity contribution >= 4 is 11.3 Å². The monoisotopic (exact) mass is 264 g/mol. The van der Waals surface area contributed by atoms with E-state index in [2.05, 4.69) is 36.2 Å². The fourth-order valence-corrected chi connectivity index (χ4v) is 4.73. The zero-order chi connectivity index (χ0) is 12.5. The van der Waals surface area contributed by atoms with E-state index in [0.717, 1.165) is 17.9 Å². The fraction of sp³-hybridized carbons (Fsp3) is 0.733. The molecule has 2 saturated heterocycles. The van der Waals surface area contributed by atoms with E-state index in [-0.39, 0.29) is 0 Å². The third kappa shape index (κ3) is 2.24. The van der Waals surface area contributed by atoms with Crippen LogP contribution in [0.25, 0.3) is 0 Å². The highest BCUT2D eigenvalue weighted by Crippen LogP contribution is 2.35. The maximum atomic E-state index is 3.56. The van der Waals surface area contributed by atoms with Crippen molar-refractivity contribution < 1.29 is 0 Å². The number of aryl methyl sites for hydroxylation is 1. The molecule has 3 atom stereocenters. The Bertz CT molecular complexity index is 401. The van der Waals surface area contributed by atoms with Crippen molar-refractivity contribution in [3.63, 3.8) is 0 Å². The van der Waals surface area contributed by atoms with Gasteiger partial charge in [-0.3, -0.25) is 4.90 Å². The van der Waals surface area contributed by atoms with Crippen LogP contribution in [0.15, 0.2) is 12.1 Å². The van der Waals surface area contributed by atoms with E-state index >= 15 is 0 Å². The van der Waals surface area contributed by atoms with Gasteiger partial charge in [0.1, 0.15) is 0 Å². The molecule has 100 valence electrons. The topological polar surface area (TPSA) is 15.3 Å². The zero-order valence-electron chi connectivity index (χ0n) is 11.5. The molecule has 3 heterocycles. The van der Waals surface area contributed by atoms with Gasteiger partial charge in [-0.2, -0.15) is 0 Å². The van der Waals surface area contributed by atoms with Crippen LogP contribution in [-0.2, 0) is 13.0 Å². The van der Waals surface area contributed by atoms with Gasteiger partial charge in [0, 0.05) is 28.9 Å². The molecule has 1 N–H and O–H groups in total. The first kappa shape index (κ1) is 12.6. The standard InChI is InChI=1S/C15H24N2S/c1-3-12-5-6-13(18-12)10-17-9-11-7-16-8-14(11)15(17)4-2/h5-6,11,14-16H,3-4,7-10H2,1-2H3. The Morgan fingerprint density at radius 1 is 1.28 bits per heavy atom. The van der Waals surface area contributed by atoms with Crippen LogP contribution in [0, 0.1) is 11.8 Å². The molecule has 0 radical (unpaired) electrons. The lowest BCUT2D eigenvalue weighted by atomic mass is 9.93. The van der Waals surface area contributed by atoms with Crippen molar-refractivity contribution in [1.29, 1.82) is 0 Å². The highest BCUT2D eigenvalue weighted by molar-refractivity contribution is 7.11. The molecule has 18 heavy (non-hydrogen) atoms. The molecule has 0 bridgehead atoms. The minimum absolute atomic E-state index is 0.803. The molecule has 1 aromatic rings. The van der Waals surface area contributed by atoms with Crippen LogP contribution in [0.2, 0.25) is 0 Å². The number of likely N-dealkylation sites (tertiary alicyclic amines) is 1. The van der Waals surface area contributed by atoms with Crippen molar-refractivity contribution in [1.82, 2.24) is 10.2 Å². The SMILES string of the molecule is CCc1ccc(CN2CC3CNCC3C2CC)s1. The summed E-state index contributed by atoms with van der Waals surface area (Å²) in [5.41, 5.74) is 0. The largest absolute Gasteiger partial charge is 0.316 e. The molecule has 0 amide bonds. The van der Waals surface area contributed by atoms with Crippen LogP contribution in [0.4, 0.5) is 0 Å². The summed E-state index contributed by atoms with van der Waals surface area (Å²) in [7, 11) is 0. The molecule has 1 aromatic heterocycles. The van der Waals surface area contributed by atoms with Crippen LogP contribution in [-0.4, -0.2) is 30.6 Å². The summed E-state index contributed by atoms with van der Waals surface area (Å²) >= 11 is 2.00. The van der Waals surface area contributed by atoms with Crippen LogP contribution in [0.1, 0.15) is 30.0 Å². The van der Waals surface area contributed by atoms with Gasteiger partial charge < -0.3 is 5.32 Å². The van der Waals surface area contributed by atoms with Gasteiger partial charge in [-0.15, -0.1) is 11.3 Å². The Morgan fingerprint density at radius 2 is 2.11 bits per heavy atom. The average molecular weight is 264 g/mol. The van der Waals surface area contributed by atoms with Crippen LogP contribution >= 0.6 is 11.3 Å². The molecule has 0 aliphatic carbocycles. The number of thiophene rings is 1. The molecule has 2 aliphatic rings. The number of hydrogen-bond acceptors (Lipinski definition) is 3. The van der Waals surface area contributed by atoms with Crippen LogP contribution in [0.5, 0.6) is 0 Å². The van der Waals surface area contributed by atoms with Gasteiger partial charge in [-0.05, 0) is 49.9 Å².